The van der Waals surface area contributed by atoms with E-state index in [1.54, 1.807) is 35.2 Å². The van der Waals surface area contributed by atoms with Gasteiger partial charge in [-0.3, -0.25) is 24.0 Å². The van der Waals surface area contributed by atoms with E-state index in [1.807, 2.05) is 0 Å². The Morgan fingerprint density at radius 3 is 2.55 bits per heavy atom. The first-order valence-corrected chi connectivity index (χ1v) is 10.5. The summed E-state index contributed by atoms with van der Waals surface area (Å²) in [7, 11) is 0. The van der Waals surface area contributed by atoms with E-state index in [0.29, 0.717) is 29.6 Å². The van der Waals surface area contributed by atoms with Gasteiger partial charge in [-0.05, 0) is 42.8 Å². The molecular formula is C23H25FN4O3. The summed E-state index contributed by atoms with van der Waals surface area (Å²) in [6.45, 7) is 5.91. The molecule has 0 saturated carbocycles. The first kappa shape index (κ1) is 21.0. The average Bonchev–Trinajstić information content (AvgIpc) is 2.78. The number of para-hydroxylation sites is 1. The number of aromatic amines is 1. The molecule has 2 aromatic carbocycles. The highest BCUT2D eigenvalue weighted by molar-refractivity contribution is 5.94. The van der Waals surface area contributed by atoms with Gasteiger partial charge in [0.2, 0.25) is 0 Å². The summed E-state index contributed by atoms with van der Waals surface area (Å²) in [4.78, 5) is 43.7. The van der Waals surface area contributed by atoms with Crippen molar-refractivity contribution >= 4 is 16.8 Å². The van der Waals surface area contributed by atoms with Gasteiger partial charge in [0.05, 0.1) is 23.0 Å². The number of carbonyl (C=O) groups excluding carboxylic acids is 1. The average molecular weight is 424 g/mol. The number of fused-ring (bicyclic) bond motifs is 1. The van der Waals surface area contributed by atoms with Crippen LogP contribution in [-0.2, 0) is 6.54 Å². The van der Waals surface area contributed by atoms with Gasteiger partial charge in [0.25, 0.3) is 11.5 Å². The molecule has 0 aliphatic carbocycles. The summed E-state index contributed by atoms with van der Waals surface area (Å²) in [5, 5.41) is 0.394. The molecule has 1 aliphatic rings. The maximum Gasteiger partial charge on any atom is 0.329 e. The highest BCUT2D eigenvalue weighted by atomic mass is 19.1. The second kappa shape index (κ2) is 8.85. The number of nitrogens with zero attached hydrogens (tertiary/aromatic N) is 3. The van der Waals surface area contributed by atoms with Crippen LogP contribution in [0, 0.1) is 5.82 Å². The fourth-order valence-corrected chi connectivity index (χ4v) is 4.08. The van der Waals surface area contributed by atoms with E-state index >= 15 is 0 Å². The van der Waals surface area contributed by atoms with Crippen molar-refractivity contribution in [1.82, 2.24) is 19.4 Å². The van der Waals surface area contributed by atoms with Gasteiger partial charge in [0, 0.05) is 26.2 Å². The van der Waals surface area contributed by atoms with Gasteiger partial charge in [-0.2, -0.15) is 0 Å². The highest BCUT2D eigenvalue weighted by Crippen LogP contribution is 2.17. The Morgan fingerprint density at radius 1 is 1.06 bits per heavy atom. The van der Waals surface area contributed by atoms with Crippen molar-refractivity contribution in [2.45, 2.75) is 19.9 Å². The zero-order valence-corrected chi connectivity index (χ0v) is 17.4. The van der Waals surface area contributed by atoms with Crippen molar-refractivity contribution in [3.8, 4) is 0 Å². The number of rotatable bonds is 5. The second-order valence-corrected chi connectivity index (χ2v) is 7.81. The van der Waals surface area contributed by atoms with Crippen LogP contribution in [0.1, 0.15) is 29.3 Å². The molecule has 1 aromatic heterocycles. The van der Waals surface area contributed by atoms with Gasteiger partial charge < -0.3 is 4.90 Å². The van der Waals surface area contributed by atoms with Crippen LogP contribution in [0.3, 0.4) is 0 Å². The highest BCUT2D eigenvalue weighted by Gasteiger charge is 2.24. The smallest absolute Gasteiger partial charge is 0.329 e. The van der Waals surface area contributed by atoms with E-state index in [-0.39, 0.29) is 18.0 Å². The van der Waals surface area contributed by atoms with Gasteiger partial charge in [0.15, 0.2) is 0 Å². The fourth-order valence-electron chi connectivity index (χ4n) is 4.08. The van der Waals surface area contributed by atoms with Crippen LogP contribution in [0.15, 0.2) is 52.1 Å². The lowest BCUT2D eigenvalue weighted by atomic mass is 10.1. The number of benzene rings is 2. The Bertz CT molecular complexity index is 1230. The lowest BCUT2D eigenvalue weighted by Crippen LogP contribution is -2.48. The minimum atomic E-state index is -0.580. The molecule has 1 aliphatic heterocycles. The van der Waals surface area contributed by atoms with Crippen LogP contribution in [0.2, 0.25) is 0 Å². The van der Waals surface area contributed by atoms with Crippen molar-refractivity contribution in [2.24, 2.45) is 0 Å². The first-order valence-electron chi connectivity index (χ1n) is 10.5. The number of H-pyrrole nitrogens is 1. The Hall–Kier alpha value is -3.26. The van der Waals surface area contributed by atoms with E-state index in [1.165, 1.54) is 16.7 Å². The van der Waals surface area contributed by atoms with Gasteiger partial charge in [-0.15, -0.1) is 0 Å². The van der Waals surface area contributed by atoms with Crippen LogP contribution in [-0.4, -0.2) is 58.0 Å². The third-order valence-corrected chi connectivity index (χ3v) is 5.71. The standard InChI is InChI=1S/C23H25FN4O3/c1-2-9-26-10-12-27(13-11-26)22(30)18-14-16(7-8-19(18)24)15-28-20-6-4-3-5-17(20)21(29)25-23(28)31/h3-8,14H,2,9-13,15H2,1H3,(H,25,29,31). The first-order chi connectivity index (χ1) is 15.0. The molecule has 0 spiro atoms. The third kappa shape index (κ3) is 4.29. The number of carbonyl (C=O) groups is 1. The van der Waals surface area contributed by atoms with Crippen LogP contribution in [0.5, 0.6) is 0 Å². The van der Waals surface area contributed by atoms with Crippen molar-refractivity contribution in [3.05, 3.63) is 80.2 Å². The fraction of sp³-hybridized carbons (Fsp3) is 0.348. The SMILES string of the molecule is CCCN1CCN(C(=O)c2cc(Cn3c(=O)[nH]c(=O)c4ccccc43)ccc2F)CC1. The molecule has 0 unspecified atom stereocenters. The van der Waals surface area contributed by atoms with Crippen LogP contribution >= 0.6 is 0 Å². The molecule has 0 radical (unpaired) electrons. The normalized spacial score (nSPS) is 14.8. The van der Waals surface area contributed by atoms with Crippen molar-refractivity contribution in [3.63, 3.8) is 0 Å². The molecule has 1 fully saturated rings. The second-order valence-electron chi connectivity index (χ2n) is 7.81. The topological polar surface area (TPSA) is 78.4 Å². The van der Waals surface area contributed by atoms with E-state index in [0.717, 1.165) is 26.1 Å². The minimum Gasteiger partial charge on any atom is -0.336 e. The maximum atomic E-state index is 14.5. The summed E-state index contributed by atoms with van der Waals surface area (Å²) < 4.78 is 15.9. The Labute approximate surface area is 178 Å². The minimum absolute atomic E-state index is 0.00298. The van der Waals surface area contributed by atoms with Crippen LogP contribution in [0.25, 0.3) is 10.9 Å². The quantitative estimate of drug-likeness (QED) is 0.680. The molecule has 4 rings (SSSR count). The monoisotopic (exact) mass is 424 g/mol. The Balaban J connectivity index is 1.61. The van der Waals surface area contributed by atoms with Gasteiger partial charge in [-0.25, -0.2) is 9.18 Å². The van der Waals surface area contributed by atoms with E-state index < -0.39 is 17.1 Å². The number of halogens is 1. The molecule has 1 amide bonds. The molecule has 162 valence electrons. The van der Waals surface area contributed by atoms with Gasteiger partial charge in [0.1, 0.15) is 5.82 Å². The largest absolute Gasteiger partial charge is 0.336 e. The maximum absolute atomic E-state index is 14.5. The van der Waals surface area contributed by atoms with E-state index in [4.69, 9.17) is 0 Å². The van der Waals surface area contributed by atoms with Gasteiger partial charge >= 0.3 is 5.69 Å². The van der Waals surface area contributed by atoms with Gasteiger partial charge in [-0.1, -0.05) is 25.1 Å². The van der Waals surface area contributed by atoms with Crippen molar-refractivity contribution in [2.75, 3.05) is 32.7 Å². The Morgan fingerprint density at radius 2 is 1.81 bits per heavy atom. The van der Waals surface area contributed by atoms with Crippen LogP contribution < -0.4 is 11.2 Å². The van der Waals surface area contributed by atoms with E-state index in [2.05, 4.69) is 16.8 Å². The summed E-state index contributed by atoms with van der Waals surface area (Å²) >= 11 is 0. The predicted octanol–water partition coefficient (Wildman–Crippen LogP) is 2.04. The summed E-state index contributed by atoms with van der Waals surface area (Å²) in [6.07, 6.45) is 1.06. The number of nitrogens with one attached hydrogen (secondary N) is 1. The summed E-state index contributed by atoms with van der Waals surface area (Å²) in [5.41, 5.74) is 0.0966. The lowest BCUT2D eigenvalue weighted by Gasteiger charge is -2.34. The molecule has 8 heteroatoms. The van der Waals surface area contributed by atoms with E-state index in [9.17, 15) is 18.8 Å². The molecule has 1 saturated heterocycles. The summed E-state index contributed by atoms with van der Waals surface area (Å²) in [6, 6.07) is 11.1. The van der Waals surface area contributed by atoms with Crippen LogP contribution in [0.4, 0.5) is 4.39 Å². The third-order valence-electron chi connectivity index (χ3n) is 5.71. The molecule has 31 heavy (non-hydrogen) atoms. The zero-order valence-electron chi connectivity index (χ0n) is 17.4. The number of hydrogen-bond acceptors (Lipinski definition) is 4. The molecule has 2 heterocycles. The summed E-state index contributed by atoms with van der Waals surface area (Å²) in [5.74, 6) is -0.919. The lowest BCUT2D eigenvalue weighted by molar-refractivity contribution is 0.0633. The number of amides is 1. The predicted molar refractivity (Wildman–Crippen MR) is 117 cm³/mol. The molecule has 0 atom stereocenters. The Kier molecular flexibility index (Phi) is 5.99. The molecule has 1 N–H and O–H groups in total. The van der Waals surface area contributed by atoms with Crippen molar-refractivity contribution < 1.29 is 9.18 Å². The molecule has 3 aromatic rings. The zero-order chi connectivity index (χ0) is 22.0. The molecule has 7 nitrogen and oxygen atoms in total. The molecular weight excluding hydrogens is 399 g/mol. The number of aromatic nitrogens is 2. The van der Waals surface area contributed by atoms with Crippen molar-refractivity contribution in [1.29, 1.82) is 0 Å². The number of hydrogen-bond donors (Lipinski definition) is 1. The molecule has 0 bridgehead atoms. The number of piperazine rings is 1.